The van der Waals surface area contributed by atoms with Crippen LogP contribution in [0, 0.1) is 11.8 Å². The second-order valence-electron chi connectivity index (χ2n) is 17.2. The number of amides is 4. The van der Waals surface area contributed by atoms with Gasteiger partial charge in [0.25, 0.3) is 11.8 Å². The molecule has 4 fully saturated rings. The number of carbonyl (C=O) groups excluding carboxylic acids is 4. The lowest BCUT2D eigenvalue weighted by Crippen LogP contribution is -2.52. The van der Waals surface area contributed by atoms with Gasteiger partial charge in [-0.15, -0.1) is 11.3 Å². The number of anilines is 3. The highest BCUT2D eigenvalue weighted by atomic mass is 32.1. The minimum atomic E-state index is -0.602. The summed E-state index contributed by atoms with van der Waals surface area (Å²) in [6, 6.07) is 9.98. The Morgan fingerprint density at radius 1 is 0.883 bits per heavy atom. The number of aromatic nitrogens is 4. The number of hydrogen-bond acceptors (Lipinski definition) is 12. The summed E-state index contributed by atoms with van der Waals surface area (Å²) in [6.45, 7) is 7.17. The molecule has 5 aliphatic rings. The Hall–Kier alpha value is -5.45. The number of carbonyl (C=O) groups is 4. The van der Waals surface area contributed by atoms with Gasteiger partial charge in [0.15, 0.2) is 0 Å². The molecule has 4 saturated heterocycles. The Morgan fingerprint density at radius 3 is 2.43 bits per heavy atom. The van der Waals surface area contributed by atoms with Crippen LogP contribution in [0.15, 0.2) is 54.3 Å². The minimum absolute atomic E-state index is 0.129. The highest BCUT2D eigenvalue weighted by Gasteiger charge is 2.39. The summed E-state index contributed by atoms with van der Waals surface area (Å²) < 4.78 is 2.14. The summed E-state index contributed by atoms with van der Waals surface area (Å²) >= 11 is 1.41. The predicted octanol–water partition coefficient (Wildman–Crippen LogP) is 4.82. The first-order valence-corrected chi connectivity index (χ1v) is 22.3. The Labute approximate surface area is 351 Å². The van der Waals surface area contributed by atoms with Crippen molar-refractivity contribution in [1.82, 2.24) is 34.9 Å². The van der Waals surface area contributed by atoms with E-state index in [1.807, 2.05) is 17.5 Å². The zero-order chi connectivity index (χ0) is 40.9. The summed E-state index contributed by atoms with van der Waals surface area (Å²) in [7, 11) is 0. The molecule has 0 aliphatic carbocycles. The molecule has 60 heavy (non-hydrogen) atoms. The predicted molar refractivity (Wildman–Crippen MR) is 229 cm³/mol. The van der Waals surface area contributed by atoms with Crippen LogP contribution in [-0.2, 0) is 16.1 Å². The van der Waals surface area contributed by atoms with Crippen LogP contribution in [0.3, 0.4) is 0 Å². The van der Waals surface area contributed by atoms with E-state index >= 15 is 0 Å². The molecule has 1 atom stereocenters. The van der Waals surface area contributed by atoms with Gasteiger partial charge in [0.2, 0.25) is 11.8 Å². The number of aliphatic hydroxyl groups excluding tert-OH is 1. The molecule has 5 aliphatic heterocycles. The number of fused-ring (bicyclic) bond motifs is 3. The van der Waals surface area contributed by atoms with Crippen molar-refractivity contribution >= 4 is 73.3 Å². The normalized spacial score (nSPS) is 21.3. The number of likely N-dealkylation sites (tertiary alicyclic amines) is 1. The molecule has 1 unspecified atom stereocenters. The molecule has 15 nitrogen and oxygen atoms in total. The molecule has 16 heteroatoms. The summed E-state index contributed by atoms with van der Waals surface area (Å²) in [6.07, 6.45) is 12.0. The first-order valence-electron chi connectivity index (χ1n) is 21.4. The van der Waals surface area contributed by atoms with Crippen LogP contribution in [0.25, 0.3) is 21.3 Å². The van der Waals surface area contributed by atoms with Crippen molar-refractivity contribution in [3.8, 4) is 0 Å². The lowest BCUT2D eigenvalue weighted by Gasteiger charge is -2.38. The fraction of sp³-hybridized carbons (Fsp3) is 0.477. The van der Waals surface area contributed by atoms with Crippen molar-refractivity contribution in [2.24, 2.45) is 11.8 Å². The molecular weight excluding hydrogens is 781 g/mol. The van der Waals surface area contributed by atoms with Crippen molar-refractivity contribution in [1.29, 1.82) is 0 Å². The largest absolute Gasteiger partial charge is 0.396 e. The first kappa shape index (κ1) is 38.7. The average molecular weight is 831 g/mol. The SMILES string of the molecule is O=C1CCC(N2Cc3ccc(N4CCC(CN5CCC(n6cc7cc(NC(=O)c8csc9nccnc89)c(N8CCC(CO)CC8)cc7n6)CC5)CC4)cc3C2=O)C(=O)N1. The summed E-state index contributed by atoms with van der Waals surface area (Å²) in [5.74, 6) is -0.0948. The number of hydrogen-bond donors (Lipinski definition) is 3. The molecule has 312 valence electrons. The Kier molecular flexibility index (Phi) is 10.5. The first-order chi connectivity index (χ1) is 29.3. The molecule has 2 aromatic carbocycles. The third-order valence-corrected chi connectivity index (χ3v) is 14.4. The van der Waals surface area contributed by atoms with Crippen molar-refractivity contribution < 1.29 is 24.3 Å². The van der Waals surface area contributed by atoms with Gasteiger partial charge in [-0.25, -0.2) is 4.98 Å². The van der Waals surface area contributed by atoms with E-state index in [-0.39, 0.29) is 36.7 Å². The standard InChI is InChI=1S/C44H50N10O5S/c55-25-28-7-17-52(18-8-28)38-21-35-30(19-36(38)47-41(57)34-26-60-43-40(34)45-11-12-46-43)24-54(49-35)31-9-13-50(14-10-31)22-27-5-15-51(16-6-27)32-2-1-29-23-53(44(59)33(29)20-32)37-3-4-39(56)48-42(37)58/h1-2,11-12,19-21,24,26-28,31,37,55H,3-10,13-18,22-23,25H2,(H,47,57)(H,48,56,58). The van der Waals surface area contributed by atoms with Crippen LogP contribution in [-0.4, -0.2) is 117 Å². The third-order valence-electron chi connectivity index (χ3n) is 13.5. The Morgan fingerprint density at radius 2 is 1.65 bits per heavy atom. The van der Waals surface area contributed by atoms with E-state index in [4.69, 9.17) is 5.10 Å². The summed E-state index contributed by atoms with van der Waals surface area (Å²) in [5, 5.41) is 23.3. The lowest BCUT2D eigenvalue weighted by atomic mass is 9.94. The number of nitrogens with one attached hydrogen (secondary N) is 2. The van der Waals surface area contributed by atoms with E-state index in [0.29, 0.717) is 47.5 Å². The maximum absolute atomic E-state index is 13.7. The van der Waals surface area contributed by atoms with Gasteiger partial charge < -0.3 is 30.0 Å². The van der Waals surface area contributed by atoms with E-state index in [9.17, 15) is 24.3 Å². The zero-order valence-electron chi connectivity index (χ0n) is 33.6. The molecule has 3 N–H and O–H groups in total. The van der Waals surface area contributed by atoms with E-state index < -0.39 is 6.04 Å². The van der Waals surface area contributed by atoms with Gasteiger partial charge in [0.05, 0.1) is 28.5 Å². The summed E-state index contributed by atoms with van der Waals surface area (Å²) in [4.78, 5) is 69.7. The van der Waals surface area contributed by atoms with E-state index in [1.54, 1.807) is 17.3 Å². The number of imide groups is 1. The monoisotopic (exact) mass is 830 g/mol. The third kappa shape index (κ3) is 7.49. The second kappa shape index (κ2) is 16.2. The molecule has 4 amide bonds. The highest BCUT2D eigenvalue weighted by Crippen LogP contribution is 2.37. The Balaban J connectivity index is 0.760. The van der Waals surface area contributed by atoms with Gasteiger partial charge >= 0.3 is 0 Å². The summed E-state index contributed by atoms with van der Waals surface area (Å²) in [5.41, 5.74) is 6.38. The van der Waals surface area contributed by atoms with Crippen molar-refractivity contribution in [3.05, 3.63) is 71.0 Å². The molecule has 10 rings (SSSR count). The second-order valence-corrected chi connectivity index (χ2v) is 18.0. The molecule has 0 radical (unpaired) electrons. The molecule has 0 bridgehead atoms. The number of aliphatic hydroxyl groups is 1. The maximum Gasteiger partial charge on any atom is 0.258 e. The van der Waals surface area contributed by atoms with Crippen LogP contribution >= 0.6 is 11.3 Å². The van der Waals surface area contributed by atoms with Gasteiger partial charge in [-0.05, 0) is 86.6 Å². The molecule has 3 aromatic heterocycles. The minimum Gasteiger partial charge on any atom is -0.396 e. The molecule has 8 heterocycles. The zero-order valence-corrected chi connectivity index (χ0v) is 34.4. The van der Waals surface area contributed by atoms with Crippen molar-refractivity contribution in [2.75, 3.05) is 67.5 Å². The number of piperidine rings is 4. The quantitative estimate of drug-likeness (QED) is 0.174. The fourth-order valence-electron chi connectivity index (χ4n) is 9.95. The van der Waals surface area contributed by atoms with Gasteiger partial charge in [-0.1, -0.05) is 6.07 Å². The molecule has 0 spiro atoms. The highest BCUT2D eigenvalue weighted by molar-refractivity contribution is 7.17. The van der Waals surface area contributed by atoms with E-state index in [2.05, 4.69) is 64.4 Å². The average Bonchev–Trinajstić information content (AvgIpc) is 3.99. The van der Waals surface area contributed by atoms with Crippen molar-refractivity contribution in [3.63, 3.8) is 0 Å². The number of rotatable bonds is 9. The molecular formula is C44H50N10O5S. The van der Waals surface area contributed by atoms with Gasteiger partial charge in [-0.2, -0.15) is 5.10 Å². The maximum atomic E-state index is 13.7. The fourth-order valence-corrected chi connectivity index (χ4v) is 10.8. The molecule has 5 aromatic rings. The van der Waals surface area contributed by atoms with Gasteiger partial charge in [-0.3, -0.25) is 34.2 Å². The van der Waals surface area contributed by atoms with Gasteiger partial charge in [0, 0.05) is 106 Å². The van der Waals surface area contributed by atoms with E-state index in [0.717, 1.165) is 123 Å². The van der Waals surface area contributed by atoms with Crippen molar-refractivity contribution in [2.45, 2.75) is 70.0 Å². The van der Waals surface area contributed by atoms with Crippen LogP contribution < -0.4 is 20.4 Å². The number of benzene rings is 2. The Bertz CT molecular complexity index is 2460. The van der Waals surface area contributed by atoms with E-state index in [1.165, 1.54) is 11.3 Å². The van der Waals surface area contributed by atoms with Crippen LogP contribution in [0.1, 0.15) is 83.7 Å². The van der Waals surface area contributed by atoms with Crippen LogP contribution in [0.5, 0.6) is 0 Å². The topological polar surface area (TPSA) is 169 Å². The van der Waals surface area contributed by atoms with Gasteiger partial charge in [0.1, 0.15) is 16.4 Å². The lowest BCUT2D eigenvalue weighted by molar-refractivity contribution is -0.136. The van der Waals surface area contributed by atoms with Crippen LogP contribution in [0.4, 0.5) is 17.1 Å². The smallest absolute Gasteiger partial charge is 0.258 e. The van der Waals surface area contributed by atoms with Crippen LogP contribution in [0.2, 0.25) is 0 Å². The number of thiophene rings is 1. The number of nitrogens with zero attached hydrogens (tertiary/aromatic N) is 8. The molecule has 0 saturated carbocycles.